The molecule has 0 bridgehead atoms. The fourth-order valence-corrected chi connectivity index (χ4v) is 2.91. The Labute approximate surface area is 125 Å². The van der Waals surface area contributed by atoms with Crippen LogP contribution in [-0.4, -0.2) is 25.4 Å². The number of aromatic nitrogens is 5. The Morgan fingerprint density at radius 2 is 2.10 bits per heavy atom. The number of thioether (sulfide) groups is 1. The van der Waals surface area contributed by atoms with Crippen LogP contribution in [0, 0.1) is 0 Å². The summed E-state index contributed by atoms with van der Waals surface area (Å²) in [5.74, 6) is 1.48. The Kier molecular flexibility index (Phi) is 3.19. The van der Waals surface area contributed by atoms with E-state index < -0.39 is 0 Å². The maximum Gasteiger partial charge on any atom is 0.209 e. The smallest absolute Gasteiger partial charge is 0.209 e. The first-order valence-corrected chi connectivity index (χ1v) is 7.80. The highest BCUT2D eigenvalue weighted by Gasteiger charge is 2.27. The maximum atomic E-state index is 5.39. The third-order valence-electron chi connectivity index (χ3n) is 3.32. The second-order valence-electron chi connectivity index (χ2n) is 4.97. The Morgan fingerprint density at radius 1 is 1.24 bits per heavy atom. The van der Waals surface area contributed by atoms with Crippen molar-refractivity contribution in [2.24, 2.45) is 0 Å². The van der Waals surface area contributed by atoms with E-state index in [1.807, 2.05) is 41.1 Å². The van der Waals surface area contributed by atoms with E-state index in [0.29, 0.717) is 11.8 Å². The molecule has 21 heavy (non-hydrogen) atoms. The summed E-state index contributed by atoms with van der Waals surface area (Å²) < 4.78 is 7.29. The van der Waals surface area contributed by atoms with Gasteiger partial charge >= 0.3 is 0 Å². The van der Waals surface area contributed by atoms with Crippen molar-refractivity contribution in [1.29, 1.82) is 0 Å². The van der Waals surface area contributed by atoms with Gasteiger partial charge in [-0.05, 0) is 23.3 Å². The van der Waals surface area contributed by atoms with Gasteiger partial charge in [0, 0.05) is 17.4 Å². The van der Waals surface area contributed by atoms with E-state index in [9.17, 15) is 0 Å². The van der Waals surface area contributed by atoms with E-state index in [1.165, 1.54) is 12.8 Å². The van der Waals surface area contributed by atoms with Crippen molar-refractivity contribution in [1.82, 2.24) is 25.4 Å². The van der Waals surface area contributed by atoms with E-state index in [-0.39, 0.29) is 0 Å². The zero-order chi connectivity index (χ0) is 14.1. The van der Waals surface area contributed by atoms with Crippen LogP contribution in [0.5, 0.6) is 0 Å². The summed E-state index contributed by atoms with van der Waals surface area (Å²) in [6, 6.07) is 12.4. The molecule has 0 saturated heterocycles. The van der Waals surface area contributed by atoms with Crippen LogP contribution in [0.1, 0.15) is 24.6 Å². The molecular formula is C14H13N5OS. The van der Waals surface area contributed by atoms with E-state index >= 15 is 0 Å². The highest BCUT2D eigenvalue weighted by Crippen LogP contribution is 2.36. The van der Waals surface area contributed by atoms with E-state index in [2.05, 4.69) is 20.7 Å². The standard InChI is InChI=1S/C14H13N5OS/c1-2-4-10(5-3-1)13-8-11(16-20-13)9-21-14-15-17-18-19(14)12-6-7-12/h1-5,8,12H,6-7,9H2. The quantitative estimate of drug-likeness (QED) is 0.675. The molecule has 3 aromatic rings. The first-order chi connectivity index (χ1) is 10.4. The van der Waals surface area contributed by atoms with Crippen LogP contribution in [0.25, 0.3) is 11.3 Å². The van der Waals surface area contributed by atoms with Crippen molar-refractivity contribution in [3.63, 3.8) is 0 Å². The number of benzene rings is 1. The summed E-state index contributed by atoms with van der Waals surface area (Å²) in [5.41, 5.74) is 1.92. The predicted octanol–water partition coefficient (Wildman–Crippen LogP) is 2.96. The van der Waals surface area contributed by atoms with E-state index in [4.69, 9.17) is 4.52 Å². The van der Waals surface area contributed by atoms with Crippen molar-refractivity contribution in [3.05, 3.63) is 42.1 Å². The third kappa shape index (κ3) is 2.69. The molecule has 2 heterocycles. The Bertz CT molecular complexity index is 735. The highest BCUT2D eigenvalue weighted by molar-refractivity contribution is 7.98. The molecule has 7 heteroatoms. The number of hydrogen-bond donors (Lipinski definition) is 0. The number of hydrogen-bond acceptors (Lipinski definition) is 6. The van der Waals surface area contributed by atoms with Gasteiger partial charge < -0.3 is 4.52 Å². The van der Waals surface area contributed by atoms with E-state index in [0.717, 1.165) is 22.2 Å². The summed E-state index contributed by atoms with van der Waals surface area (Å²) in [6.07, 6.45) is 2.33. The van der Waals surface area contributed by atoms with Crippen LogP contribution >= 0.6 is 11.8 Å². The second-order valence-corrected chi connectivity index (χ2v) is 5.92. The normalized spacial score (nSPS) is 14.5. The van der Waals surface area contributed by atoms with Gasteiger partial charge in [0.1, 0.15) is 0 Å². The van der Waals surface area contributed by atoms with E-state index in [1.54, 1.807) is 11.8 Å². The van der Waals surface area contributed by atoms with Crippen LogP contribution in [0.2, 0.25) is 0 Å². The molecule has 0 radical (unpaired) electrons. The molecule has 0 atom stereocenters. The minimum absolute atomic E-state index is 0.486. The molecule has 0 aliphatic heterocycles. The minimum Gasteiger partial charge on any atom is -0.356 e. The molecule has 0 spiro atoms. The summed E-state index contributed by atoms with van der Waals surface area (Å²) in [4.78, 5) is 0. The Balaban J connectivity index is 1.46. The first-order valence-electron chi connectivity index (χ1n) is 6.82. The molecule has 0 N–H and O–H groups in total. The van der Waals surface area contributed by atoms with Crippen LogP contribution in [0.15, 0.2) is 46.1 Å². The lowest BCUT2D eigenvalue weighted by Crippen LogP contribution is -1.98. The zero-order valence-corrected chi connectivity index (χ0v) is 12.0. The van der Waals surface area contributed by atoms with Crippen LogP contribution in [-0.2, 0) is 5.75 Å². The van der Waals surface area contributed by atoms with Crippen molar-refractivity contribution in [2.45, 2.75) is 29.8 Å². The zero-order valence-electron chi connectivity index (χ0n) is 11.2. The summed E-state index contributed by atoms with van der Waals surface area (Å²) in [5, 5.41) is 16.8. The van der Waals surface area contributed by atoms with Crippen molar-refractivity contribution in [3.8, 4) is 11.3 Å². The SMILES string of the molecule is c1ccc(-c2cc(CSc3nnnn3C3CC3)no2)cc1. The van der Waals surface area contributed by atoms with Crippen molar-refractivity contribution in [2.75, 3.05) is 0 Å². The molecule has 1 saturated carbocycles. The Hall–Kier alpha value is -2.15. The largest absolute Gasteiger partial charge is 0.356 e. The lowest BCUT2D eigenvalue weighted by Gasteiger charge is -1.99. The van der Waals surface area contributed by atoms with Gasteiger partial charge in [0.25, 0.3) is 0 Å². The van der Waals surface area contributed by atoms with Gasteiger partial charge in [0.05, 0.1) is 11.7 Å². The molecule has 0 amide bonds. The van der Waals surface area contributed by atoms with Gasteiger partial charge in [-0.2, -0.15) is 0 Å². The van der Waals surface area contributed by atoms with Gasteiger partial charge in [0.2, 0.25) is 5.16 Å². The molecule has 0 unspecified atom stereocenters. The summed E-state index contributed by atoms with van der Waals surface area (Å²) in [7, 11) is 0. The predicted molar refractivity (Wildman–Crippen MR) is 77.6 cm³/mol. The molecular weight excluding hydrogens is 286 g/mol. The summed E-state index contributed by atoms with van der Waals surface area (Å²) in [6.45, 7) is 0. The minimum atomic E-state index is 0.486. The van der Waals surface area contributed by atoms with Gasteiger partial charge in [-0.3, -0.25) is 0 Å². The molecule has 1 aliphatic rings. The molecule has 1 aromatic carbocycles. The van der Waals surface area contributed by atoms with Crippen molar-refractivity contribution >= 4 is 11.8 Å². The number of rotatable bonds is 5. The Morgan fingerprint density at radius 3 is 2.90 bits per heavy atom. The number of nitrogens with zero attached hydrogens (tertiary/aromatic N) is 5. The lowest BCUT2D eigenvalue weighted by molar-refractivity contribution is 0.426. The number of tetrazole rings is 1. The fraction of sp³-hybridized carbons (Fsp3) is 0.286. The van der Waals surface area contributed by atoms with Crippen LogP contribution in [0.4, 0.5) is 0 Å². The molecule has 1 aliphatic carbocycles. The second kappa shape index (κ2) is 5.33. The topological polar surface area (TPSA) is 69.6 Å². The average molecular weight is 299 g/mol. The van der Waals surface area contributed by atoms with Gasteiger partial charge in [0.15, 0.2) is 5.76 Å². The average Bonchev–Trinajstić information content (AvgIpc) is 3.09. The molecule has 4 rings (SSSR count). The van der Waals surface area contributed by atoms with Gasteiger partial charge in [-0.15, -0.1) is 5.10 Å². The molecule has 106 valence electrons. The molecule has 6 nitrogen and oxygen atoms in total. The third-order valence-corrected chi connectivity index (χ3v) is 4.29. The fourth-order valence-electron chi connectivity index (χ4n) is 2.09. The van der Waals surface area contributed by atoms with Gasteiger partial charge in [-0.1, -0.05) is 47.3 Å². The van der Waals surface area contributed by atoms with Crippen molar-refractivity contribution < 1.29 is 4.52 Å². The highest BCUT2D eigenvalue weighted by atomic mass is 32.2. The maximum absolute atomic E-state index is 5.39. The first kappa shape index (κ1) is 12.6. The lowest BCUT2D eigenvalue weighted by atomic mass is 10.2. The molecule has 2 aromatic heterocycles. The monoisotopic (exact) mass is 299 g/mol. The molecule has 1 fully saturated rings. The van der Waals surface area contributed by atoms with Gasteiger partial charge in [-0.25, -0.2) is 4.68 Å². The summed E-state index contributed by atoms with van der Waals surface area (Å²) >= 11 is 1.59. The van der Waals surface area contributed by atoms with Crippen LogP contribution < -0.4 is 0 Å². The van der Waals surface area contributed by atoms with Crippen LogP contribution in [0.3, 0.4) is 0 Å².